The molecule has 3 N–H and O–H groups in total. The molecular weight excluding hydrogens is 361 g/mol. The van der Waals surface area contributed by atoms with E-state index in [9.17, 15) is 21.6 Å². The number of nitrogens with two attached hydrogens (primary N) is 1. The quantitative estimate of drug-likeness (QED) is 0.850. The van der Waals surface area contributed by atoms with Crippen molar-refractivity contribution in [1.82, 2.24) is 4.72 Å². The molecule has 0 unspecified atom stereocenters. The molecule has 0 aromatic heterocycles. The fourth-order valence-electron chi connectivity index (χ4n) is 1.35. The van der Waals surface area contributed by atoms with E-state index in [0.717, 1.165) is 12.1 Å². The van der Waals surface area contributed by atoms with Crippen LogP contribution >= 0.6 is 15.9 Å². The summed E-state index contributed by atoms with van der Waals surface area (Å²) in [6.45, 7) is 3.07. The maximum Gasteiger partial charge on any atom is 0.416 e. The molecule has 0 saturated carbocycles. The third-order valence-electron chi connectivity index (χ3n) is 2.47. The van der Waals surface area contributed by atoms with E-state index >= 15 is 0 Å². The summed E-state index contributed by atoms with van der Waals surface area (Å²) in [6, 6.07) is 2.43. The van der Waals surface area contributed by atoms with E-state index in [-0.39, 0.29) is 11.0 Å². The average Bonchev–Trinajstić information content (AvgIpc) is 2.26. The molecule has 0 radical (unpaired) electrons. The predicted octanol–water partition coefficient (Wildman–Crippen LogP) is 2.48. The van der Waals surface area contributed by atoms with Crippen LogP contribution in [0.3, 0.4) is 0 Å². The van der Waals surface area contributed by atoms with Gasteiger partial charge in [0, 0.05) is 16.6 Å². The maximum absolute atomic E-state index is 12.6. The van der Waals surface area contributed by atoms with Gasteiger partial charge < -0.3 is 5.73 Å². The Hall–Kier alpha value is -0.640. The first-order chi connectivity index (χ1) is 8.89. The van der Waals surface area contributed by atoms with E-state index in [1.54, 1.807) is 0 Å². The minimum Gasteiger partial charge on any atom is -0.329 e. The van der Waals surface area contributed by atoms with Crippen LogP contribution in [0.4, 0.5) is 13.2 Å². The summed E-state index contributed by atoms with van der Waals surface area (Å²) in [6.07, 6.45) is -4.62. The number of benzene rings is 1. The van der Waals surface area contributed by atoms with Crippen LogP contribution in [0.15, 0.2) is 27.6 Å². The van der Waals surface area contributed by atoms with Gasteiger partial charge in [-0.25, -0.2) is 13.1 Å². The smallest absolute Gasteiger partial charge is 0.329 e. The van der Waals surface area contributed by atoms with E-state index < -0.39 is 32.2 Å². The number of sulfonamides is 1. The van der Waals surface area contributed by atoms with Gasteiger partial charge in [0.25, 0.3) is 0 Å². The van der Waals surface area contributed by atoms with Crippen molar-refractivity contribution >= 4 is 26.0 Å². The van der Waals surface area contributed by atoms with Gasteiger partial charge in [0.1, 0.15) is 0 Å². The van der Waals surface area contributed by atoms with E-state index in [2.05, 4.69) is 20.7 Å². The molecule has 0 saturated heterocycles. The molecule has 0 aliphatic rings. The molecule has 0 aliphatic heterocycles. The summed E-state index contributed by atoms with van der Waals surface area (Å²) in [5.41, 5.74) is 3.41. The third-order valence-corrected chi connectivity index (χ3v) is 5.16. The molecule has 114 valence electrons. The number of rotatable bonds is 4. The first-order valence-corrected chi connectivity index (χ1v) is 7.77. The largest absolute Gasteiger partial charge is 0.416 e. The van der Waals surface area contributed by atoms with E-state index in [0.29, 0.717) is 6.07 Å². The number of hydrogen-bond donors (Lipinski definition) is 2. The van der Waals surface area contributed by atoms with E-state index in [4.69, 9.17) is 5.73 Å². The second-order valence-electron chi connectivity index (χ2n) is 4.84. The molecule has 0 spiro atoms. The van der Waals surface area contributed by atoms with Gasteiger partial charge in [0.05, 0.1) is 10.5 Å². The van der Waals surface area contributed by atoms with Gasteiger partial charge in [-0.15, -0.1) is 0 Å². The third kappa shape index (κ3) is 4.18. The Labute approximate surface area is 123 Å². The highest BCUT2D eigenvalue weighted by Crippen LogP contribution is 2.33. The maximum atomic E-state index is 12.6. The molecule has 0 bridgehead atoms. The normalized spacial score (nSPS) is 13.6. The van der Waals surface area contributed by atoms with Crippen molar-refractivity contribution < 1.29 is 21.6 Å². The Morgan fingerprint density at radius 1 is 1.30 bits per heavy atom. The fourth-order valence-corrected chi connectivity index (χ4v) is 3.76. The first-order valence-electron chi connectivity index (χ1n) is 5.50. The molecular formula is C11H14BrF3N2O2S. The van der Waals surface area contributed by atoms with Crippen LogP contribution in [0.1, 0.15) is 19.4 Å². The van der Waals surface area contributed by atoms with Gasteiger partial charge in [-0.2, -0.15) is 13.2 Å². The van der Waals surface area contributed by atoms with Crippen molar-refractivity contribution in [2.45, 2.75) is 30.5 Å². The zero-order chi connectivity index (χ0) is 15.8. The summed E-state index contributed by atoms with van der Waals surface area (Å²) in [7, 11) is -4.12. The first kappa shape index (κ1) is 17.4. The lowest BCUT2D eigenvalue weighted by molar-refractivity contribution is -0.137. The van der Waals surface area contributed by atoms with E-state index in [1.807, 2.05) is 0 Å². The molecule has 0 amide bonds. The second kappa shape index (κ2) is 5.63. The van der Waals surface area contributed by atoms with Crippen LogP contribution in [0, 0.1) is 0 Å². The summed E-state index contributed by atoms with van der Waals surface area (Å²) in [4.78, 5) is -0.478. The number of nitrogens with one attached hydrogen (secondary N) is 1. The minimum atomic E-state index is -4.62. The lowest BCUT2D eigenvalue weighted by Crippen LogP contribution is -2.48. The zero-order valence-electron chi connectivity index (χ0n) is 10.8. The fraction of sp³-hybridized carbons (Fsp3) is 0.455. The van der Waals surface area contributed by atoms with Crippen LogP contribution < -0.4 is 10.5 Å². The molecule has 4 nitrogen and oxygen atoms in total. The minimum absolute atomic E-state index is 0.00279. The van der Waals surface area contributed by atoms with Gasteiger partial charge in [-0.1, -0.05) is 0 Å². The molecule has 0 aliphatic carbocycles. The van der Waals surface area contributed by atoms with Crippen LogP contribution in [0.2, 0.25) is 0 Å². The predicted molar refractivity (Wildman–Crippen MR) is 72.6 cm³/mol. The Bertz CT molecular complexity index is 600. The Morgan fingerprint density at radius 3 is 2.30 bits per heavy atom. The van der Waals surface area contributed by atoms with Crippen LogP contribution in [-0.2, 0) is 16.2 Å². The monoisotopic (exact) mass is 374 g/mol. The van der Waals surface area contributed by atoms with Crippen molar-refractivity contribution in [3.63, 3.8) is 0 Å². The molecule has 1 aromatic rings. The summed E-state index contributed by atoms with van der Waals surface area (Å²) in [5, 5.41) is 0. The van der Waals surface area contributed by atoms with Crippen LogP contribution in [0.5, 0.6) is 0 Å². The van der Waals surface area contributed by atoms with Crippen molar-refractivity contribution in [3.05, 3.63) is 28.2 Å². The standard InChI is InChI=1S/C11H14BrF3N2O2S/c1-10(2,6-16)17-20(18,19)9-5-7(11(13,14)15)3-4-8(9)12/h3-5,17H,6,16H2,1-2H3. The van der Waals surface area contributed by atoms with Gasteiger partial charge >= 0.3 is 6.18 Å². The van der Waals surface area contributed by atoms with Crippen LogP contribution in [-0.4, -0.2) is 20.5 Å². The molecule has 0 fully saturated rings. The van der Waals surface area contributed by atoms with Crippen molar-refractivity contribution in [3.8, 4) is 0 Å². The molecule has 1 aromatic carbocycles. The zero-order valence-corrected chi connectivity index (χ0v) is 13.2. The van der Waals surface area contributed by atoms with Gasteiger partial charge in [0.2, 0.25) is 10.0 Å². The van der Waals surface area contributed by atoms with Gasteiger partial charge in [-0.05, 0) is 48.0 Å². The molecule has 1 rings (SSSR count). The molecule has 0 heterocycles. The lowest BCUT2D eigenvalue weighted by atomic mass is 10.1. The molecule has 0 atom stereocenters. The highest BCUT2D eigenvalue weighted by molar-refractivity contribution is 9.10. The number of halogens is 4. The highest BCUT2D eigenvalue weighted by atomic mass is 79.9. The summed E-state index contributed by atoms with van der Waals surface area (Å²) >= 11 is 2.94. The Kier molecular flexibility index (Phi) is 4.90. The Balaban J connectivity index is 3.32. The van der Waals surface area contributed by atoms with Crippen molar-refractivity contribution in [1.29, 1.82) is 0 Å². The van der Waals surface area contributed by atoms with E-state index in [1.165, 1.54) is 13.8 Å². The average molecular weight is 375 g/mol. The van der Waals surface area contributed by atoms with Gasteiger partial charge in [0.15, 0.2) is 0 Å². The van der Waals surface area contributed by atoms with Crippen LogP contribution in [0.25, 0.3) is 0 Å². The van der Waals surface area contributed by atoms with Gasteiger partial charge in [-0.3, -0.25) is 0 Å². The van der Waals surface area contributed by atoms with Crippen molar-refractivity contribution in [2.24, 2.45) is 5.73 Å². The van der Waals surface area contributed by atoms with Crippen molar-refractivity contribution in [2.75, 3.05) is 6.54 Å². The SMILES string of the molecule is CC(C)(CN)NS(=O)(=O)c1cc(C(F)(F)F)ccc1Br. The topological polar surface area (TPSA) is 72.2 Å². The summed E-state index contributed by atoms with van der Waals surface area (Å²) in [5.74, 6) is 0. The summed E-state index contributed by atoms with van der Waals surface area (Å²) < 4.78 is 64.5. The number of alkyl halides is 3. The highest BCUT2D eigenvalue weighted by Gasteiger charge is 2.33. The number of hydrogen-bond acceptors (Lipinski definition) is 3. The lowest BCUT2D eigenvalue weighted by Gasteiger charge is -2.24. The molecule has 9 heteroatoms. The molecule has 20 heavy (non-hydrogen) atoms. The second-order valence-corrected chi connectivity index (χ2v) is 7.34. The Morgan fingerprint density at radius 2 is 1.85 bits per heavy atom.